The van der Waals surface area contributed by atoms with Crippen LogP contribution in [-0.2, 0) is 9.59 Å². The minimum absolute atomic E-state index is 0.161. The van der Waals surface area contributed by atoms with Crippen molar-refractivity contribution >= 4 is 11.8 Å². The molecular formula is C24H24N2O3. The normalized spacial score (nSPS) is 38.0. The molecule has 0 amide bonds. The topological polar surface area (TPSA) is 90.9 Å². The quantitative estimate of drug-likeness (QED) is 0.571. The van der Waals surface area contributed by atoms with Crippen molar-refractivity contribution < 1.29 is 14.3 Å². The minimum atomic E-state index is -1.27. The van der Waals surface area contributed by atoms with E-state index in [4.69, 9.17) is 4.74 Å². The molecule has 0 aliphatic heterocycles. The molecule has 6 rings (SSSR count). The summed E-state index contributed by atoms with van der Waals surface area (Å²) in [5, 5.41) is 19.7. The molecule has 0 heterocycles. The summed E-state index contributed by atoms with van der Waals surface area (Å²) in [7, 11) is 0. The van der Waals surface area contributed by atoms with Gasteiger partial charge in [-0.05, 0) is 74.0 Å². The third-order valence-corrected chi connectivity index (χ3v) is 7.92. The van der Waals surface area contributed by atoms with Crippen molar-refractivity contribution in [2.75, 3.05) is 0 Å². The standard InChI is InChI=1S/C24H24N2O3/c1-14(27)29-19-4-2-18(3-5-19)20-21(24(20,12-25)13-26)22(28)23-9-15-6-16(10-23)8-17(7-15)11-23/h2-5,15-17,20-21H,6-11H2,1H3/t15?,16?,17?,20-,21-,23?/m1/s1. The van der Waals surface area contributed by atoms with Crippen LogP contribution in [0.4, 0.5) is 0 Å². The van der Waals surface area contributed by atoms with Gasteiger partial charge in [0.05, 0.1) is 18.1 Å². The van der Waals surface area contributed by atoms with Crippen LogP contribution in [0.15, 0.2) is 24.3 Å². The first-order valence-electron chi connectivity index (χ1n) is 10.6. The van der Waals surface area contributed by atoms with Gasteiger partial charge >= 0.3 is 5.97 Å². The first-order chi connectivity index (χ1) is 13.9. The van der Waals surface area contributed by atoms with Gasteiger partial charge in [0, 0.05) is 18.3 Å². The van der Waals surface area contributed by atoms with Gasteiger partial charge in [0.25, 0.3) is 0 Å². The molecule has 0 unspecified atom stereocenters. The van der Waals surface area contributed by atoms with Gasteiger partial charge in [-0.25, -0.2) is 0 Å². The predicted molar refractivity (Wildman–Crippen MR) is 103 cm³/mol. The Balaban J connectivity index is 1.45. The van der Waals surface area contributed by atoms with E-state index in [0.29, 0.717) is 23.5 Å². The number of esters is 1. The molecule has 5 nitrogen and oxygen atoms in total. The molecule has 0 aromatic heterocycles. The Morgan fingerprint density at radius 1 is 0.966 bits per heavy atom. The van der Waals surface area contributed by atoms with Crippen molar-refractivity contribution in [2.24, 2.45) is 34.5 Å². The maximum absolute atomic E-state index is 13.8. The van der Waals surface area contributed by atoms with Crippen LogP contribution in [0.1, 0.15) is 56.9 Å². The van der Waals surface area contributed by atoms with E-state index in [0.717, 1.165) is 24.8 Å². The van der Waals surface area contributed by atoms with Crippen LogP contribution in [0.3, 0.4) is 0 Å². The molecular weight excluding hydrogens is 364 g/mol. The van der Waals surface area contributed by atoms with Crippen LogP contribution < -0.4 is 4.74 Å². The first-order valence-corrected chi connectivity index (χ1v) is 10.6. The van der Waals surface area contributed by atoms with Crippen molar-refractivity contribution in [3.05, 3.63) is 29.8 Å². The van der Waals surface area contributed by atoms with Crippen molar-refractivity contribution in [1.29, 1.82) is 10.5 Å². The number of benzene rings is 1. The Labute approximate surface area is 170 Å². The average molecular weight is 388 g/mol. The van der Waals surface area contributed by atoms with E-state index in [2.05, 4.69) is 12.1 Å². The predicted octanol–water partition coefficient (Wildman–Crippen LogP) is 4.14. The van der Waals surface area contributed by atoms with E-state index in [1.807, 2.05) is 0 Å². The van der Waals surface area contributed by atoms with Crippen LogP contribution in [0.5, 0.6) is 5.75 Å². The Morgan fingerprint density at radius 3 is 1.93 bits per heavy atom. The van der Waals surface area contributed by atoms with Crippen molar-refractivity contribution in [3.63, 3.8) is 0 Å². The molecule has 148 valence electrons. The molecule has 29 heavy (non-hydrogen) atoms. The lowest BCUT2D eigenvalue weighted by molar-refractivity contribution is -0.145. The number of nitrogens with zero attached hydrogens (tertiary/aromatic N) is 2. The fourth-order valence-electron chi connectivity index (χ4n) is 7.16. The summed E-state index contributed by atoms with van der Waals surface area (Å²) in [6, 6.07) is 11.3. The Morgan fingerprint density at radius 2 is 1.48 bits per heavy atom. The van der Waals surface area contributed by atoms with Gasteiger partial charge in [-0.1, -0.05) is 12.1 Å². The fraction of sp³-hybridized carbons (Fsp3) is 0.583. The highest BCUT2D eigenvalue weighted by Crippen LogP contribution is 2.70. The monoisotopic (exact) mass is 388 g/mol. The number of ketones is 1. The van der Waals surface area contributed by atoms with E-state index < -0.39 is 23.2 Å². The molecule has 5 aliphatic carbocycles. The zero-order valence-electron chi connectivity index (χ0n) is 16.6. The van der Waals surface area contributed by atoms with E-state index in [1.54, 1.807) is 24.3 Å². The van der Waals surface area contributed by atoms with E-state index in [9.17, 15) is 20.1 Å². The number of hydrogen-bond donors (Lipinski definition) is 0. The second kappa shape index (κ2) is 6.17. The van der Waals surface area contributed by atoms with Crippen LogP contribution in [0.25, 0.3) is 0 Å². The number of nitriles is 2. The highest BCUT2D eigenvalue weighted by molar-refractivity contribution is 5.94. The SMILES string of the molecule is CC(=O)Oc1ccc([C@@H]2[C@H](C(=O)C34CC5CC(CC(C5)C3)C4)C2(C#N)C#N)cc1. The van der Waals surface area contributed by atoms with Crippen molar-refractivity contribution in [2.45, 2.75) is 51.4 Å². The zero-order valence-corrected chi connectivity index (χ0v) is 16.6. The third kappa shape index (κ3) is 2.64. The van der Waals surface area contributed by atoms with Gasteiger partial charge in [-0.3, -0.25) is 9.59 Å². The molecule has 0 N–H and O–H groups in total. The zero-order chi connectivity index (χ0) is 20.4. The molecule has 0 saturated heterocycles. The maximum atomic E-state index is 13.8. The highest BCUT2D eigenvalue weighted by Gasteiger charge is 2.73. The third-order valence-electron chi connectivity index (χ3n) is 7.92. The lowest BCUT2D eigenvalue weighted by atomic mass is 9.48. The number of hydrogen-bond acceptors (Lipinski definition) is 5. The van der Waals surface area contributed by atoms with Crippen molar-refractivity contribution in [1.82, 2.24) is 0 Å². The molecule has 1 aromatic carbocycles. The van der Waals surface area contributed by atoms with E-state index in [1.165, 1.54) is 26.2 Å². The fourth-order valence-corrected chi connectivity index (χ4v) is 7.16. The molecule has 1 aromatic rings. The lowest BCUT2D eigenvalue weighted by Gasteiger charge is -2.56. The summed E-state index contributed by atoms with van der Waals surface area (Å²) < 4.78 is 5.08. The minimum Gasteiger partial charge on any atom is -0.427 e. The number of carbonyl (C=O) groups is 2. The summed E-state index contributed by atoms with van der Waals surface area (Å²) >= 11 is 0. The molecule has 5 fully saturated rings. The second-order valence-corrected chi connectivity index (χ2v) is 9.77. The van der Waals surface area contributed by atoms with Crippen LogP contribution in [0, 0.1) is 57.2 Å². The molecule has 5 saturated carbocycles. The first kappa shape index (κ1) is 18.4. The van der Waals surface area contributed by atoms with Gasteiger partial charge in [0.2, 0.25) is 0 Å². The smallest absolute Gasteiger partial charge is 0.308 e. The second-order valence-electron chi connectivity index (χ2n) is 9.77. The highest BCUT2D eigenvalue weighted by atomic mass is 16.5. The van der Waals surface area contributed by atoms with Gasteiger partial charge in [0.1, 0.15) is 11.5 Å². The van der Waals surface area contributed by atoms with Gasteiger partial charge in [0.15, 0.2) is 5.41 Å². The summed E-state index contributed by atoms with van der Waals surface area (Å²) in [5.41, 5.74) is -0.791. The maximum Gasteiger partial charge on any atom is 0.308 e. The van der Waals surface area contributed by atoms with E-state index in [-0.39, 0.29) is 11.2 Å². The number of carbonyl (C=O) groups excluding carboxylic acids is 2. The Kier molecular flexibility index (Phi) is 3.91. The van der Waals surface area contributed by atoms with Crippen molar-refractivity contribution in [3.8, 4) is 17.9 Å². The summed E-state index contributed by atoms with van der Waals surface area (Å²) in [4.78, 5) is 25.0. The Bertz CT molecular complexity index is 916. The van der Waals surface area contributed by atoms with Gasteiger partial charge in [-0.15, -0.1) is 0 Å². The lowest BCUT2D eigenvalue weighted by Crippen LogP contribution is -2.50. The Hall–Kier alpha value is -2.66. The van der Waals surface area contributed by atoms with Crippen LogP contribution >= 0.6 is 0 Å². The molecule has 0 radical (unpaired) electrons. The molecule has 4 bridgehead atoms. The number of Topliss-reactive ketones (excluding diaryl/α,β-unsaturated/α-hetero) is 1. The van der Waals surface area contributed by atoms with Gasteiger partial charge in [-0.2, -0.15) is 10.5 Å². The number of ether oxygens (including phenoxy) is 1. The number of rotatable bonds is 4. The molecule has 5 heteroatoms. The molecule has 5 aliphatic rings. The van der Waals surface area contributed by atoms with Crippen LogP contribution in [0.2, 0.25) is 0 Å². The van der Waals surface area contributed by atoms with E-state index >= 15 is 0 Å². The van der Waals surface area contributed by atoms with Gasteiger partial charge < -0.3 is 4.74 Å². The summed E-state index contributed by atoms with van der Waals surface area (Å²) in [6.45, 7) is 1.34. The average Bonchev–Trinajstić information content (AvgIpc) is 3.35. The molecule has 0 spiro atoms. The van der Waals surface area contributed by atoms with Crippen LogP contribution in [-0.4, -0.2) is 11.8 Å². The molecule has 2 atom stereocenters. The summed E-state index contributed by atoms with van der Waals surface area (Å²) in [5.74, 6) is 1.16. The summed E-state index contributed by atoms with van der Waals surface area (Å²) in [6.07, 6.45) is 6.58. The largest absolute Gasteiger partial charge is 0.427 e.